The number of carboxylic acids is 1. The number of hydrogen-bond donors (Lipinski definition) is 2. The first kappa shape index (κ1) is 14.8. The maximum atomic E-state index is 12.1. The minimum absolute atomic E-state index is 0. The molecule has 1 rings (SSSR count). The molecule has 0 aliphatic carbocycles. The fourth-order valence-corrected chi connectivity index (χ4v) is 1.33. The first-order valence-corrected chi connectivity index (χ1v) is 4.38. The van der Waals surface area contributed by atoms with Crippen LogP contribution in [0.3, 0.4) is 0 Å². The minimum atomic E-state index is -2.54. The summed E-state index contributed by atoms with van der Waals surface area (Å²) in [7, 11) is 0. The molecule has 3 nitrogen and oxygen atoms in total. The molecule has 0 aliphatic heterocycles. The van der Waals surface area contributed by atoms with Gasteiger partial charge in [-0.05, 0) is 11.6 Å². The molecule has 0 bridgehead atoms. The molecule has 1 aromatic carbocycles. The molecule has 0 aliphatic rings. The lowest BCUT2D eigenvalue weighted by Crippen LogP contribution is -2.17. The van der Waals surface area contributed by atoms with Gasteiger partial charge in [-0.15, -0.1) is 12.4 Å². The normalized spacial score (nSPS) is 12.0. The molecule has 0 saturated heterocycles. The van der Waals surface area contributed by atoms with Crippen LogP contribution in [0.1, 0.15) is 28.4 Å². The van der Waals surface area contributed by atoms with Crippen molar-refractivity contribution in [3.63, 3.8) is 0 Å². The SMILES string of the molecule is Cl.N[C@H](CC(F)F)c1ccccc1C(=O)O. The summed E-state index contributed by atoms with van der Waals surface area (Å²) in [4.78, 5) is 10.8. The summed E-state index contributed by atoms with van der Waals surface area (Å²) in [6.45, 7) is 0. The van der Waals surface area contributed by atoms with Crippen molar-refractivity contribution in [1.29, 1.82) is 0 Å². The second-order valence-corrected chi connectivity index (χ2v) is 3.13. The molecule has 16 heavy (non-hydrogen) atoms. The number of nitrogens with two attached hydrogens (primary N) is 1. The van der Waals surface area contributed by atoms with E-state index in [0.717, 1.165) is 0 Å². The Hall–Kier alpha value is -1.20. The third-order valence-electron chi connectivity index (χ3n) is 2.02. The summed E-state index contributed by atoms with van der Waals surface area (Å²) in [6, 6.07) is 4.96. The fraction of sp³-hybridized carbons (Fsp3) is 0.300. The van der Waals surface area contributed by atoms with Crippen molar-refractivity contribution in [3.8, 4) is 0 Å². The molecule has 1 aromatic rings. The van der Waals surface area contributed by atoms with Crippen molar-refractivity contribution in [2.45, 2.75) is 18.9 Å². The highest BCUT2D eigenvalue weighted by atomic mass is 35.5. The van der Waals surface area contributed by atoms with Crippen LogP contribution in [0.25, 0.3) is 0 Å². The molecule has 0 unspecified atom stereocenters. The van der Waals surface area contributed by atoms with Gasteiger partial charge < -0.3 is 10.8 Å². The number of halogens is 3. The van der Waals surface area contributed by atoms with Gasteiger partial charge in [0.15, 0.2) is 0 Å². The molecule has 3 N–H and O–H groups in total. The van der Waals surface area contributed by atoms with Crippen LogP contribution < -0.4 is 5.73 Å². The predicted octanol–water partition coefficient (Wildman–Crippen LogP) is 2.46. The van der Waals surface area contributed by atoms with E-state index < -0.39 is 24.9 Å². The van der Waals surface area contributed by atoms with Crippen LogP contribution in [-0.2, 0) is 0 Å². The molecule has 1 atom stereocenters. The smallest absolute Gasteiger partial charge is 0.336 e. The molecule has 0 fully saturated rings. The average molecular weight is 252 g/mol. The molecule has 90 valence electrons. The van der Waals surface area contributed by atoms with Crippen molar-refractivity contribution in [2.75, 3.05) is 0 Å². The van der Waals surface area contributed by atoms with E-state index in [9.17, 15) is 13.6 Å². The van der Waals surface area contributed by atoms with Crippen LogP contribution in [0.5, 0.6) is 0 Å². The lowest BCUT2D eigenvalue weighted by Gasteiger charge is -2.13. The molecule has 0 aromatic heterocycles. The van der Waals surface area contributed by atoms with Crippen molar-refractivity contribution in [1.82, 2.24) is 0 Å². The second kappa shape index (κ2) is 6.40. The van der Waals surface area contributed by atoms with E-state index in [1.165, 1.54) is 18.2 Å². The van der Waals surface area contributed by atoms with Crippen molar-refractivity contribution in [2.24, 2.45) is 5.73 Å². The van der Waals surface area contributed by atoms with Gasteiger partial charge in [-0.25, -0.2) is 13.6 Å². The standard InChI is InChI=1S/C10H11F2NO2.ClH/c11-9(12)5-8(13)6-3-1-2-4-7(6)10(14)15;/h1-4,8-9H,5,13H2,(H,14,15);1H/t8-;/m1./s1. The van der Waals surface area contributed by atoms with Crippen LogP contribution >= 0.6 is 12.4 Å². The van der Waals surface area contributed by atoms with Crippen LogP contribution in [0.2, 0.25) is 0 Å². The van der Waals surface area contributed by atoms with Gasteiger partial charge in [0.05, 0.1) is 5.56 Å². The molecule has 0 amide bonds. The molecule has 0 heterocycles. The van der Waals surface area contributed by atoms with Crippen LogP contribution in [-0.4, -0.2) is 17.5 Å². The Morgan fingerprint density at radius 2 is 1.94 bits per heavy atom. The van der Waals surface area contributed by atoms with E-state index in [-0.39, 0.29) is 23.5 Å². The number of aromatic carboxylic acids is 1. The molecule has 6 heteroatoms. The third kappa shape index (κ3) is 3.75. The average Bonchev–Trinajstić information content (AvgIpc) is 2.16. The monoisotopic (exact) mass is 251 g/mol. The van der Waals surface area contributed by atoms with E-state index in [0.29, 0.717) is 0 Å². The Labute approximate surface area is 97.7 Å². The number of carboxylic acid groups (broad SMARTS) is 1. The van der Waals surface area contributed by atoms with Gasteiger partial charge >= 0.3 is 5.97 Å². The maximum absolute atomic E-state index is 12.1. The highest BCUT2D eigenvalue weighted by Gasteiger charge is 2.18. The Morgan fingerprint density at radius 3 is 2.44 bits per heavy atom. The van der Waals surface area contributed by atoms with Crippen molar-refractivity contribution in [3.05, 3.63) is 35.4 Å². The number of hydrogen-bond acceptors (Lipinski definition) is 2. The number of rotatable bonds is 4. The van der Waals surface area contributed by atoms with E-state index in [4.69, 9.17) is 10.8 Å². The molecular weight excluding hydrogens is 240 g/mol. The molecule has 0 radical (unpaired) electrons. The maximum Gasteiger partial charge on any atom is 0.336 e. The summed E-state index contributed by atoms with van der Waals surface area (Å²) < 4.78 is 24.2. The minimum Gasteiger partial charge on any atom is -0.478 e. The van der Waals surface area contributed by atoms with Gasteiger partial charge in [-0.1, -0.05) is 18.2 Å². The molecule has 0 spiro atoms. The van der Waals surface area contributed by atoms with Gasteiger partial charge in [0.25, 0.3) is 0 Å². The summed E-state index contributed by atoms with van der Waals surface area (Å²) in [5.41, 5.74) is 5.71. The van der Waals surface area contributed by atoms with Crippen LogP contribution in [0.4, 0.5) is 8.78 Å². The van der Waals surface area contributed by atoms with Crippen LogP contribution in [0, 0.1) is 0 Å². The van der Waals surface area contributed by atoms with Crippen LogP contribution in [0.15, 0.2) is 24.3 Å². The van der Waals surface area contributed by atoms with Gasteiger partial charge in [0.2, 0.25) is 6.43 Å². The highest BCUT2D eigenvalue weighted by molar-refractivity contribution is 5.89. The Kier molecular flexibility index (Phi) is 5.92. The van der Waals surface area contributed by atoms with E-state index in [1.54, 1.807) is 6.07 Å². The van der Waals surface area contributed by atoms with Crippen molar-refractivity contribution < 1.29 is 18.7 Å². The summed E-state index contributed by atoms with van der Waals surface area (Å²) in [5.74, 6) is -1.16. The molecular formula is C10H12ClF2NO2. The third-order valence-corrected chi connectivity index (χ3v) is 2.02. The van der Waals surface area contributed by atoms with Gasteiger partial charge in [-0.3, -0.25) is 0 Å². The summed E-state index contributed by atoms with van der Waals surface area (Å²) >= 11 is 0. The predicted molar refractivity (Wildman–Crippen MR) is 58.2 cm³/mol. The largest absolute Gasteiger partial charge is 0.478 e. The molecule has 0 saturated carbocycles. The number of benzene rings is 1. The Bertz CT molecular complexity index is 360. The summed E-state index contributed by atoms with van der Waals surface area (Å²) in [5, 5.41) is 8.81. The quantitative estimate of drug-likeness (QED) is 0.864. The van der Waals surface area contributed by atoms with Gasteiger partial charge in [0.1, 0.15) is 0 Å². The number of alkyl halides is 2. The first-order valence-electron chi connectivity index (χ1n) is 4.38. The second-order valence-electron chi connectivity index (χ2n) is 3.13. The lowest BCUT2D eigenvalue weighted by atomic mass is 9.99. The van der Waals surface area contributed by atoms with E-state index in [2.05, 4.69) is 0 Å². The zero-order valence-corrected chi connectivity index (χ0v) is 9.08. The topological polar surface area (TPSA) is 63.3 Å². The van der Waals surface area contributed by atoms with Gasteiger partial charge in [-0.2, -0.15) is 0 Å². The first-order chi connectivity index (χ1) is 7.02. The van der Waals surface area contributed by atoms with Gasteiger partial charge in [0, 0.05) is 12.5 Å². The van der Waals surface area contributed by atoms with E-state index in [1.807, 2.05) is 0 Å². The Balaban J connectivity index is 0.00000225. The zero-order valence-electron chi connectivity index (χ0n) is 8.27. The highest BCUT2D eigenvalue weighted by Crippen LogP contribution is 2.21. The van der Waals surface area contributed by atoms with Crippen molar-refractivity contribution >= 4 is 18.4 Å². The lowest BCUT2D eigenvalue weighted by molar-refractivity contribution is 0.0693. The number of carbonyl (C=O) groups is 1. The summed E-state index contributed by atoms with van der Waals surface area (Å²) in [6.07, 6.45) is -3.08. The zero-order chi connectivity index (χ0) is 11.4. The van der Waals surface area contributed by atoms with E-state index >= 15 is 0 Å². The Morgan fingerprint density at radius 1 is 1.38 bits per heavy atom. The fourth-order valence-electron chi connectivity index (χ4n) is 1.33.